The molecule has 28 heavy (non-hydrogen) atoms. The van der Waals surface area contributed by atoms with Crippen molar-refractivity contribution < 1.29 is 22.0 Å². The van der Waals surface area contributed by atoms with Gasteiger partial charge in [0.1, 0.15) is 16.8 Å². The minimum atomic E-state index is -3.91. The molecule has 0 spiro atoms. The number of benzene rings is 2. The van der Waals surface area contributed by atoms with Crippen LogP contribution >= 0.6 is 0 Å². The van der Waals surface area contributed by atoms with Crippen LogP contribution in [0.2, 0.25) is 0 Å². The minimum Gasteiger partial charge on any atom is -0.468 e. The highest BCUT2D eigenvalue weighted by Gasteiger charge is 2.32. The standard InChI is InChI=1S/C21H20FNO4S/c1-14-5-6-16(12-15(14)2)21(24)23-13-20(19-4-3-11-27-19)28(25,26)18-9-7-17(22)8-10-18/h3-12,20H,13H2,1-2H3,(H,23,24). The number of sulfone groups is 1. The Morgan fingerprint density at radius 2 is 1.79 bits per heavy atom. The van der Waals surface area contributed by atoms with E-state index in [2.05, 4.69) is 5.32 Å². The summed E-state index contributed by atoms with van der Waals surface area (Å²) >= 11 is 0. The van der Waals surface area contributed by atoms with Crippen molar-refractivity contribution >= 4 is 15.7 Å². The Hall–Kier alpha value is -2.93. The fourth-order valence-electron chi connectivity index (χ4n) is 2.80. The van der Waals surface area contributed by atoms with Crippen molar-refractivity contribution in [3.8, 4) is 0 Å². The van der Waals surface area contributed by atoms with E-state index in [4.69, 9.17) is 4.42 Å². The zero-order valence-electron chi connectivity index (χ0n) is 15.5. The fraction of sp³-hybridized carbons (Fsp3) is 0.190. The first-order valence-electron chi connectivity index (χ1n) is 8.67. The summed E-state index contributed by atoms with van der Waals surface area (Å²) in [5.41, 5.74) is 2.47. The topological polar surface area (TPSA) is 76.4 Å². The number of hydrogen-bond acceptors (Lipinski definition) is 4. The molecular formula is C21H20FNO4S. The van der Waals surface area contributed by atoms with Crippen LogP contribution in [0, 0.1) is 19.7 Å². The van der Waals surface area contributed by atoms with E-state index in [9.17, 15) is 17.6 Å². The monoisotopic (exact) mass is 401 g/mol. The first kappa shape index (κ1) is 19.8. The van der Waals surface area contributed by atoms with Crippen LogP contribution in [0.3, 0.4) is 0 Å². The average molecular weight is 401 g/mol. The van der Waals surface area contributed by atoms with Crippen molar-refractivity contribution in [2.45, 2.75) is 24.0 Å². The number of carbonyl (C=O) groups excluding carboxylic acids is 1. The molecule has 0 radical (unpaired) electrons. The zero-order valence-corrected chi connectivity index (χ0v) is 16.3. The van der Waals surface area contributed by atoms with Gasteiger partial charge in [-0.2, -0.15) is 0 Å². The average Bonchev–Trinajstić information content (AvgIpc) is 3.18. The van der Waals surface area contributed by atoms with Gasteiger partial charge in [0.15, 0.2) is 9.84 Å². The second-order valence-electron chi connectivity index (χ2n) is 6.51. The van der Waals surface area contributed by atoms with Crippen molar-refractivity contribution in [3.63, 3.8) is 0 Å². The second-order valence-corrected chi connectivity index (χ2v) is 8.64. The van der Waals surface area contributed by atoms with E-state index in [-0.39, 0.29) is 23.1 Å². The summed E-state index contributed by atoms with van der Waals surface area (Å²) in [7, 11) is -3.91. The quantitative estimate of drug-likeness (QED) is 0.634. The summed E-state index contributed by atoms with van der Waals surface area (Å²) < 4.78 is 44.6. The predicted octanol–water partition coefficient (Wildman–Crippen LogP) is 3.98. The molecule has 0 saturated carbocycles. The Bertz CT molecular complexity index is 1070. The first-order valence-corrected chi connectivity index (χ1v) is 10.2. The molecule has 0 aliphatic heterocycles. The molecule has 5 nitrogen and oxygen atoms in total. The summed E-state index contributed by atoms with van der Waals surface area (Å²) in [4.78, 5) is 12.5. The molecule has 2 aromatic carbocycles. The lowest BCUT2D eigenvalue weighted by molar-refractivity contribution is 0.0953. The molecule has 1 amide bonds. The van der Waals surface area contributed by atoms with Gasteiger partial charge in [-0.1, -0.05) is 6.07 Å². The highest BCUT2D eigenvalue weighted by atomic mass is 32.2. The first-order chi connectivity index (χ1) is 13.3. The number of furan rings is 1. The molecule has 3 aromatic rings. The zero-order chi connectivity index (χ0) is 20.3. The van der Waals surface area contributed by atoms with Crippen molar-refractivity contribution in [1.82, 2.24) is 5.32 Å². The smallest absolute Gasteiger partial charge is 0.251 e. The molecule has 1 atom stereocenters. The van der Waals surface area contributed by atoms with Crippen LogP contribution in [0.4, 0.5) is 4.39 Å². The maximum Gasteiger partial charge on any atom is 0.251 e. The van der Waals surface area contributed by atoms with Gasteiger partial charge in [0.25, 0.3) is 5.91 Å². The summed E-state index contributed by atoms with van der Waals surface area (Å²) in [6, 6.07) is 13.0. The lowest BCUT2D eigenvalue weighted by atomic mass is 10.1. The lowest BCUT2D eigenvalue weighted by Crippen LogP contribution is -2.31. The van der Waals surface area contributed by atoms with E-state index in [1.807, 2.05) is 19.9 Å². The van der Waals surface area contributed by atoms with Crippen LogP contribution in [-0.4, -0.2) is 20.9 Å². The van der Waals surface area contributed by atoms with Crippen LogP contribution in [0.15, 0.2) is 70.2 Å². The van der Waals surface area contributed by atoms with E-state index in [1.54, 1.807) is 18.2 Å². The Kier molecular flexibility index (Phi) is 5.65. The van der Waals surface area contributed by atoms with Gasteiger partial charge in [-0.3, -0.25) is 4.79 Å². The number of amides is 1. The maximum absolute atomic E-state index is 13.2. The van der Waals surface area contributed by atoms with Crippen LogP contribution in [0.5, 0.6) is 0 Å². The van der Waals surface area contributed by atoms with E-state index in [1.165, 1.54) is 24.5 Å². The van der Waals surface area contributed by atoms with Crippen molar-refractivity contribution in [3.05, 3.63) is 89.1 Å². The van der Waals surface area contributed by atoms with Gasteiger partial charge >= 0.3 is 0 Å². The van der Waals surface area contributed by atoms with E-state index in [0.29, 0.717) is 5.56 Å². The molecule has 7 heteroatoms. The summed E-state index contributed by atoms with van der Waals surface area (Å²) in [6.07, 6.45) is 1.37. The highest BCUT2D eigenvalue weighted by molar-refractivity contribution is 7.91. The van der Waals surface area contributed by atoms with Gasteiger partial charge in [-0.15, -0.1) is 0 Å². The summed E-state index contributed by atoms with van der Waals surface area (Å²) in [6.45, 7) is 3.66. The molecule has 1 N–H and O–H groups in total. The van der Waals surface area contributed by atoms with Gasteiger partial charge in [-0.05, 0) is 73.5 Å². The molecule has 0 fully saturated rings. The molecule has 0 bridgehead atoms. The number of carbonyl (C=O) groups is 1. The van der Waals surface area contributed by atoms with Gasteiger partial charge in [0.2, 0.25) is 0 Å². The normalized spacial score (nSPS) is 12.5. The van der Waals surface area contributed by atoms with Crippen LogP contribution in [-0.2, 0) is 9.84 Å². The molecular weight excluding hydrogens is 381 g/mol. The Morgan fingerprint density at radius 1 is 1.07 bits per heavy atom. The SMILES string of the molecule is Cc1ccc(C(=O)NCC(c2ccco2)S(=O)(=O)c2ccc(F)cc2)cc1C. The summed E-state index contributed by atoms with van der Waals surface area (Å²) in [5.74, 6) is -0.713. The number of rotatable bonds is 6. The van der Waals surface area contributed by atoms with Crippen LogP contribution in [0.1, 0.15) is 32.5 Å². The lowest BCUT2D eigenvalue weighted by Gasteiger charge is -2.17. The predicted molar refractivity (Wildman–Crippen MR) is 103 cm³/mol. The molecule has 0 saturated heterocycles. The Balaban J connectivity index is 1.86. The third-order valence-electron chi connectivity index (χ3n) is 4.59. The Morgan fingerprint density at radius 3 is 2.39 bits per heavy atom. The molecule has 3 rings (SSSR count). The Labute approximate surface area is 163 Å². The van der Waals surface area contributed by atoms with Gasteiger partial charge in [0.05, 0.1) is 11.2 Å². The highest BCUT2D eigenvalue weighted by Crippen LogP contribution is 2.29. The number of halogens is 1. The minimum absolute atomic E-state index is 0.0456. The number of hydrogen-bond donors (Lipinski definition) is 1. The molecule has 1 heterocycles. The van der Waals surface area contributed by atoms with E-state index >= 15 is 0 Å². The third kappa shape index (κ3) is 4.14. The van der Waals surface area contributed by atoms with Crippen LogP contribution in [0.25, 0.3) is 0 Å². The third-order valence-corrected chi connectivity index (χ3v) is 6.67. The van der Waals surface area contributed by atoms with Crippen molar-refractivity contribution in [1.29, 1.82) is 0 Å². The number of aryl methyl sites for hydroxylation is 2. The van der Waals surface area contributed by atoms with E-state index in [0.717, 1.165) is 23.3 Å². The molecule has 0 aliphatic rings. The molecule has 1 aromatic heterocycles. The maximum atomic E-state index is 13.2. The fourth-order valence-corrected chi connectivity index (χ4v) is 4.38. The molecule has 146 valence electrons. The van der Waals surface area contributed by atoms with Crippen molar-refractivity contribution in [2.24, 2.45) is 0 Å². The largest absolute Gasteiger partial charge is 0.468 e. The van der Waals surface area contributed by atoms with Crippen LogP contribution < -0.4 is 5.32 Å². The molecule has 0 aliphatic carbocycles. The van der Waals surface area contributed by atoms with E-state index < -0.39 is 20.9 Å². The molecule has 1 unspecified atom stereocenters. The second kappa shape index (κ2) is 7.98. The van der Waals surface area contributed by atoms with Gasteiger partial charge < -0.3 is 9.73 Å². The summed E-state index contributed by atoms with van der Waals surface area (Å²) in [5, 5.41) is 1.53. The van der Waals surface area contributed by atoms with Gasteiger partial charge in [0, 0.05) is 12.1 Å². The van der Waals surface area contributed by atoms with Gasteiger partial charge in [-0.25, -0.2) is 12.8 Å². The number of nitrogens with one attached hydrogen (secondary N) is 1. The van der Waals surface area contributed by atoms with Crippen molar-refractivity contribution in [2.75, 3.05) is 6.54 Å².